The van der Waals surface area contributed by atoms with Crippen LogP contribution < -0.4 is 5.32 Å². The van der Waals surface area contributed by atoms with E-state index in [9.17, 15) is 19.8 Å². The molecule has 0 aromatic rings. The van der Waals surface area contributed by atoms with Gasteiger partial charge in [-0.15, -0.1) is 0 Å². The maximum Gasteiger partial charge on any atom is 0.305 e. The summed E-state index contributed by atoms with van der Waals surface area (Å²) in [6.07, 6.45) is 80.6. The van der Waals surface area contributed by atoms with Crippen molar-refractivity contribution in [1.82, 2.24) is 5.32 Å². The van der Waals surface area contributed by atoms with Gasteiger partial charge in [-0.2, -0.15) is 0 Å². The first-order chi connectivity index (χ1) is 36.5. The van der Waals surface area contributed by atoms with Crippen LogP contribution in [0.5, 0.6) is 0 Å². The van der Waals surface area contributed by atoms with E-state index < -0.39 is 12.1 Å². The average molecular weight is 1040 g/mol. The van der Waals surface area contributed by atoms with Crippen molar-refractivity contribution in [2.75, 3.05) is 13.2 Å². The number of carbonyl (C=O) groups excluding carboxylic acids is 2. The van der Waals surface area contributed by atoms with Gasteiger partial charge in [0.15, 0.2) is 0 Å². The zero-order valence-corrected chi connectivity index (χ0v) is 49.8. The Morgan fingerprint density at radius 3 is 1.07 bits per heavy atom. The van der Waals surface area contributed by atoms with E-state index in [4.69, 9.17) is 4.74 Å². The number of ether oxygens (including phenoxy) is 1. The van der Waals surface area contributed by atoms with Gasteiger partial charge in [-0.3, -0.25) is 9.59 Å². The summed E-state index contributed by atoms with van der Waals surface area (Å²) in [6, 6.07) is -0.626. The Morgan fingerprint density at radius 1 is 0.378 bits per heavy atom. The Bertz CT molecular complexity index is 1200. The molecule has 0 fully saturated rings. The molecule has 0 aromatic carbocycles. The lowest BCUT2D eigenvalue weighted by Gasteiger charge is -2.20. The number of amides is 1. The molecule has 2 unspecified atom stereocenters. The van der Waals surface area contributed by atoms with Gasteiger partial charge in [0.25, 0.3) is 0 Å². The van der Waals surface area contributed by atoms with E-state index in [1.165, 1.54) is 283 Å². The average Bonchev–Trinajstić information content (AvgIpc) is 3.40. The Kier molecular flexibility index (Phi) is 62.0. The van der Waals surface area contributed by atoms with E-state index in [2.05, 4.69) is 43.5 Å². The standard InChI is InChI=1S/C68H129NO5/c1-3-5-7-9-11-13-15-17-19-33-36-40-44-48-52-56-60-66(71)65(64-70)69-67(72)61-57-53-49-45-41-37-34-31-29-27-25-23-21-20-22-24-26-28-30-32-35-39-43-47-51-55-59-63-74-68(73)62-58-54-50-46-42-38-18-16-14-12-10-8-6-4-2/h10,12,16,18,56,60,65-66,70-71H,3-9,11,13-15,17,19-55,57-59,61-64H2,1-2H3,(H,69,72)/b12-10-,18-16-,60-56+. The predicted octanol–water partition coefficient (Wildman–Crippen LogP) is 21.1. The minimum Gasteiger partial charge on any atom is -0.466 e. The number of esters is 1. The van der Waals surface area contributed by atoms with Crippen molar-refractivity contribution in [2.45, 2.75) is 373 Å². The fourth-order valence-corrected chi connectivity index (χ4v) is 10.3. The van der Waals surface area contributed by atoms with Gasteiger partial charge in [0.1, 0.15) is 0 Å². The second-order valence-electron chi connectivity index (χ2n) is 22.8. The maximum absolute atomic E-state index is 12.5. The van der Waals surface area contributed by atoms with Gasteiger partial charge in [-0.05, 0) is 57.8 Å². The first kappa shape index (κ1) is 72.1. The summed E-state index contributed by atoms with van der Waals surface area (Å²) in [5.74, 6) is -0.0601. The molecule has 74 heavy (non-hydrogen) atoms. The summed E-state index contributed by atoms with van der Waals surface area (Å²) < 4.78 is 5.48. The molecular weight excluding hydrogens is 911 g/mol. The summed E-state index contributed by atoms with van der Waals surface area (Å²) in [5.41, 5.74) is 0. The molecule has 6 nitrogen and oxygen atoms in total. The van der Waals surface area contributed by atoms with Crippen LogP contribution in [-0.2, 0) is 14.3 Å². The first-order valence-electron chi connectivity index (χ1n) is 33.3. The Balaban J connectivity index is 3.37. The number of allylic oxidation sites excluding steroid dienone is 5. The van der Waals surface area contributed by atoms with Crippen LogP contribution in [0.1, 0.15) is 361 Å². The molecule has 2 atom stereocenters. The fourth-order valence-electron chi connectivity index (χ4n) is 10.3. The molecule has 0 aromatic heterocycles. The molecule has 0 radical (unpaired) electrons. The van der Waals surface area contributed by atoms with Gasteiger partial charge >= 0.3 is 5.97 Å². The highest BCUT2D eigenvalue weighted by Gasteiger charge is 2.18. The van der Waals surface area contributed by atoms with Crippen LogP contribution in [0.4, 0.5) is 0 Å². The van der Waals surface area contributed by atoms with E-state index in [1.54, 1.807) is 6.08 Å². The third-order valence-corrected chi connectivity index (χ3v) is 15.4. The molecule has 0 aliphatic carbocycles. The summed E-state index contributed by atoms with van der Waals surface area (Å²) in [5, 5.41) is 23.2. The van der Waals surface area contributed by atoms with Gasteiger partial charge in [0.2, 0.25) is 5.91 Å². The monoisotopic (exact) mass is 1040 g/mol. The van der Waals surface area contributed by atoms with Gasteiger partial charge < -0.3 is 20.3 Å². The lowest BCUT2D eigenvalue weighted by Crippen LogP contribution is -2.45. The van der Waals surface area contributed by atoms with Crippen molar-refractivity contribution in [2.24, 2.45) is 0 Å². The van der Waals surface area contributed by atoms with Gasteiger partial charge in [-0.25, -0.2) is 0 Å². The molecule has 436 valence electrons. The molecule has 6 heteroatoms. The summed E-state index contributed by atoms with van der Waals surface area (Å²) in [7, 11) is 0. The minimum absolute atomic E-state index is 0.00316. The van der Waals surface area contributed by atoms with Crippen LogP contribution in [0.25, 0.3) is 0 Å². The maximum atomic E-state index is 12.5. The number of hydrogen-bond donors (Lipinski definition) is 3. The molecule has 0 heterocycles. The SMILES string of the molecule is CCCC/C=C\C/C=C\CCCCCCCC(=O)OCCCCCCCCCCCCCCCCCCCCCCCCCCCCCC(=O)NC(CO)C(O)/C=C/CCCCCCCCCCCCCCCC. The number of rotatable bonds is 62. The molecular formula is C68H129NO5. The number of hydrogen-bond acceptors (Lipinski definition) is 5. The predicted molar refractivity (Wildman–Crippen MR) is 324 cm³/mol. The molecule has 0 saturated heterocycles. The second-order valence-corrected chi connectivity index (χ2v) is 22.8. The van der Waals surface area contributed by atoms with E-state index in [0.29, 0.717) is 19.4 Å². The van der Waals surface area contributed by atoms with Gasteiger partial charge in [0.05, 0.1) is 25.4 Å². The van der Waals surface area contributed by atoms with Gasteiger partial charge in [-0.1, -0.05) is 326 Å². The van der Waals surface area contributed by atoms with Crippen LogP contribution >= 0.6 is 0 Å². The van der Waals surface area contributed by atoms with Crippen LogP contribution in [0, 0.1) is 0 Å². The van der Waals surface area contributed by atoms with Gasteiger partial charge in [0, 0.05) is 12.8 Å². The topological polar surface area (TPSA) is 95.9 Å². The van der Waals surface area contributed by atoms with Crippen molar-refractivity contribution < 1.29 is 24.5 Å². The second kappa shape index (κ2) is 63.6. The van der Waals surface area contributed by atoms with Crippen molar-refractivity contribution in [3.8, 4) is 0 Å². The van der Waals surface area contributed by atoms with Crippen molar-refractivity contribution >= 4 is 11.9 Å². The van der Waals surface area contributed by atoms with Crippen LogP contribution in [0.15, 0.2) is 36.5 Å². The summed E-state index contributed by atoms with van der Waals surface area (Å²) >= 11 is 0. The third-order valence-electron chi connectivity index (χ3n) is 15.4. The fraction of sp³-hybridized carbons (Fsp3) is 0.882. The first-order valence-corrected chi connectivity index (χ1v) is 33.3. The highest BCUT2D eigenvalue weighted by atomic mass is 16.5. The normalized spacial score (nSPS) is 12.8. The van der Waals surface area contributed by atoms with E-state index >= 15 is 0 Å². The molecule has 0 saturated carbocycles. The summed E-state index contributed by atoms with van der Waals surface area (Å²) in [6.45, 7) is 4.88. The Hall–Kier alpha value is -1.92. The Morgan fingerprint density at radius 2 is 0.689 bits per heavy atom. The zero-order valence-electron chi connectivity index (χ0n) is 49.8. The van der Waals surface area contributed by atoms with Crippen LogP contribution in [0.2, 0.25) is 0 Å². The molecule has 0 spiro atoms. The van der Waals surface area contributed by atoms with Crippen LogP contribution in [-0.4, -0.2) is 47.4 Å². The largest absolute Gasteiger partial charge is 0.466 e. The lowest BCUT2D eigenvalue weighted by molar-refractivity contribution is -0.143. The smallest absolute Gasteiger partial charge is 0.305 e. The molecule has 1 amide bonds. The number of unbranched alkanes of at least 4 members (excludes halogenated alkanes) is 47. The summed E-state index contributed by atoms with van der Waals surface area (Å²) in [4.78, 5) is 24.5. The highest BCUT2D eigenvalue weighted by Crippen LogP contribution is 2.18. The van der Waals surface area contributed by atoms with Crippen LogP contribution in [0.3, 0.4) is 0 Å². The number of aliphatic hydroxyl groups is 2. The third kappa shape index (κ3) is 59.3. The van der Waals surface area contributed by atoms with E-state index in [-0.39, 0.29) is 18.5 Å². The molecule has 3 N–H and O–H groups in total. The van der Waals surface area contributed by atoms with E-state index in [0.717, 1.165) is 51.4 Å². The molecule has 0 rings (SSSR count). The van der Waals surface area contributed by atoms with Crippen molar-refractivity contribution in [3.63, 3.8) is 0 Å². The van der Waals surface area contributed by atoms with Crippen molar-refractivity contribution in [1.29, 1.82) is 0 Å². The number of aliphatic hydroxyl groups excluding tert-OH is 2. The zero-order chi connectivity index (χ0) is 53.6. The molecule has 0 aliphatic rings. The number of nitrogens with one attached hydrogen (secondary N) is 1. The number of carbonyl (C=O) groups is 2. The highest BCUT2D eigenvalue weighted by molar-refractivity contribution is 5.76. The molecule has 0 aliphatic heterocycles. The Labute approximate surface area is 462 Å². The minimum atomic E-state index is -0.843. The lowest BCUT2D eigenvalue weighted by atomic mass is 10.0. The van der Waals surface area contributed by atoms with E-state index in [1.807, 2.05) is 6.08 Å². The quantitative estimate of drug-likeness (QED) is 0.0320. The molecule has 0 bridgehead atoms. The van der Waals surface area contributed by atoms with Crippen molar-refractivity contribution in [3.05, 3.63) is 36.5 Å².